The van der Waals surface area contributed by atoms with Gasteiger partial charge in [0.1, 0.15) is 22.3 Å². The summed E-state index contributed by atoms with van der Waals surface area (Å²) in [6.07, 6.45) is 16.3. The first-order chi connectivity index (χ1) is 35.1. The van der Waals surface area contributed by atoms with Crippen LogP contribution in [0.25, 0.3) is 65.4 Å². The molecule has 5 saturated heterocycles. The van der Waals surface area contributed by atoms with E-state index in [1.54, 1.807) is 0 Å². The van der Waals surface area contributed by atoms with E-state index in [9.17, 15) is 0 Å². The number of ether oxygens (including phenoxy) is 3. The molecule has 7 nitrogen and oxygen atoms in total. The van der Waals surface area contributed by atoms with Crippen LogP contribution in [0.15, 0.2) is 118 Å². The van der Waals surface area contributed by atoms with E-state index in [0.29, 0.717) is 65.7 Å². The zero-order valence-electron chi connectivity index (χ0n) is 40.7. The second kappa shape index (κ2) is 14.9. The van der Waals surface area contributed by atoms with Crippen LogP contribution in [0, 0.1) is 5.92 Å². The van der Waals surface area contributed by atoms with E-state index in [0.717, 1.165) is 40.8 Å². The number of rotatable bonds is 2. The first-order valence-electron chi connectivity index (χ1n) is 28.0. The molecule has 18 rings (SSSR count). The van der Waals surface area contributed by atoms with Crippen molar-refractivity contribution in [3.8, 4) is 0 Å². The molecule has 0 bridgehead atoms. The zero-order chi connectivity index (χ0) is 46.0. The summed E-state index contributed by atoms with van der Waals surface area (Å²) < 4.78 is 37.1. The predicted molar refractivity (Wildman–Crippen MR) is 283 cm³/mol. The number of benzene rings is 6. The molecule has 10 fully saturated rings. The minimum Gasteiger partial charge on any atom is -0.456 e. The van der Waals surface area contributed by atoms with Gasteiger partial charge in [0.25, 0.3) is 0 Å². The SMILES string of the molecule is CC1CC2C3C(C1)N1C4CCCCC4OC4C(c5ccc6oc7cc8ccccc8cc7c6c5)CC5OC6CC(c7ccc8oc9cc%10ccccc%10cc9c8c7)C7OC8CCCCC8N2C7C6P3C5C41. The van der Waals surface area contributed by atoms with Crippen LogP contribution in [0.4, 0.5) is 0 Å². The summed E-state index contributed by atoms with van der Waals surface area (Å²) in [5.74, 6) is 1.20. The largest absolute Gasteiger partial charge is 0.456 e. The molecule has 8 heteroatoms. The molecule has 8 aromatic rings. The van der Waals surface area contributed by atoms with Crippen molar-refractivity contribution < 1.29 is 23.0 Å². The fraction of sp³-hybridized carbons (Fsp3) is 0.492. The Morgan fingerprint density at radius 3 is 1.37 bits per heavy atom. The normalized spacial score (nSPS) is 41.3. The molecule has 2 aromatic heterocycles. The molecule has 5 aliphatic carbocycles. The summed E-state index contributed by atoms with van der Waals surface area (Å²) >= 11 is 0. The summed E-state index contributed by atoms with van der Waals surface area (Å²) in [6.45, 7) is 2.64. The molecule has 0 N–H and O–H groups in total. The highest BCUT2D eigenvalue weighted by atomic mass is 31.1. The van der Waals surface area contributed by atoms with Gasteiger partial charge in [0, 0.05) is 86.6 Å². The average Bonchev–Trinajstić information content (AvgIpc) is 3.96. The van der Waals surface area contributed by atoms with Crippen LogP contribution in [-0.2, 0) is 14.2 Å². The number of morpholine rings is 2. The highest BCUT2D eigenvalue weighted by Gasteiger charge is 2.74. The molecule has 16 unspecified atom stereocenters. The van der Waals surface area contributed by atoms with E-state index in [4.69, 9.17) is 23.0 Å². The summed E-state index contributed by atoms with van der Waals surface area (Å²) in [6, 6.07) is 44.1. The number of nitrogens with zero attached hydrogens (tertiary/aromatic N) is 2. The Balaban J connectivity index is 0.804. The average molecular weight is 959 g/mol. The Hall–Kier alpha value is -4.33. The van der Waals surface area contributed by atoms with Crippen molar-refractivity contribution in [1.82, 2.24) is 9.80 Å². The van der Waals surface area contributed by atoms with E-state index in [1.165, 1.54) is 118 Å². The lowest BCUT2D eigenvalue weighted by Gasteiger charge is -2.77. The second-order valence-electron chi connectivity index (χ2n) is 24.5. The van der Waals surface area contributed by atoms with E-state index in [-0.39, 0.29) is 36.3 Å². The van der Waals surface area contributed by atoms with Crippen molar-refractivity contribution in [3.63, 3.8) is 0 Å². The van der Waals surface area contributed by atoms with Crippen LogP contribution in [0.3, 0.4) is 0 Å². The van der Waals surface area contributed by atoms with Crippen LogP contribution >= 0.6 is 7.92 Å². The molecule has 0 spiro atoms. The van der Waals surface area contributed by atoms with Gasteiger partial charge < -0.3 is 23.0 Å². The third-order valence-electron chi connectivity index (χ3n) is 21.2. The van der Waals surface area contributed by atoms with Crippen molar-refractivity contribution in [2.24, 2.45) is 5.92 Å². The third-order valence-corrected chi connectivity index (χ3v) is 25.2. The molecule has 5 aliphatic heterocycles. The number of hydrogen-bond acceptors (Lipinski definition) is 7. The molecular weight excluding hydrogens is 896 g/mol. The van der Waals surface area contributed by atoms with Gasteiger partial charge in [-0.3, -0.25) is 9.80 Å². The quantitative estimate of drug-likeness (QED) is 0.160. The number of fused-ring (bicyclic) bond motifs is 14. The van der Waals surface area contributed by atoms with Gasteiger partial charge in [-0.05, 0) is 138 Å². The maximum Gasteiger partial charge on any atom is 0.136 e. The minimum atomic E-state index is -0.399. The summed E-state index contributed by atoms with van der Waals surface area (Å²) in [4.78, 5) is 6.54. The van der Waals surface area contributed by atoms with Crippen LogP contribution < -0.4 is 0 Å². The van der Waals surface area contributed by atoms with E-state index >= 15 is 0 Å². The van der Waals surface area contributed by atoms with Crippen molar-refractivity contribution in [2.75, 3.05) is 0 Å². The highest BCUT2D eigenvalue weighted by Crippen LogP contribution is 2.75. The molecule has 0 radical (unpaired) electrons. The summed E-state index contributed by atoms with van der Waals surface area (Å²) in [5.41, 5.74) is 8.54. The molecule has 360 valence electrons. The van der Waals surface area contributed by atoms with Crippen molar-refractivity contribution in [2.45, 2.75) is 186 Å². The van der Waals surface area contributed by atoms with Crippen molar-refractivity contribution in [1.29, 1.82) is 0 Å². The van der Waals surface area contributed by atoms with Crippen molar-refractivity contribution >= 4 is 73.3 Å². The van der Waals surface area contributed by atoms with Gasteiger partial charge in [0.15, 0.2) is 0 Å². The molecule has 7 heterocycles. The molecular formula is C63H63N2O5P. The molecule has 10 aliphatic rings. The first kappa shape index (κ1) is 41.1. The minimum absolute atomic E-state index is 0.162. The number of hydrogen-bond donors (Lipinski definition) is 0. The van der Waals surface area contributed by atoms with Gasteiger partial charge in [-0.1, -0.05) is 101 Å². The van der Waals surface area contributed by atoms with Gasteiger partial charge in [-0.2, -0.15) is 0 Å². The molecule has 0 amide bonds. The Morgan fingerprint density at radius 1 is 0.423 bits per heavy atom. The maximum absolute atomic E-state index is 8.13. The molecule has 16 atom stereocenters. The fourth-order valence-electron chi connectivity index (χ4n) is 18.7. The smallest absolute Gasteiger partial charge is 0.136 e. The fourth-order valence-corrected chi connectivity index (χ4v) is 23.7. The second-order valence-corrected chi connectivity index (χ2v) is 27.2. The Morgan fingerprint density at radius 2 is 0.873 bits per heavy atom. The van der Waals surface area contributed by atoms with Gasteiger partial charge in [-0.25, -0.2) is 0 Å². The Kier molecular flexibility index (Phi) is 8.63. The Labute approximate surface area is 416 Å². The standard InChI is InChI=1S/C63H63N2O5P/c1-32-22-47-61-48(23-32)65-46-15-7-9-17-52(46)70-60-40(38-19-21-50-42(27-38)44-25-34-11-3-5-13-36(34)29-54(44)67-50)31-56-63(58(60)65)71(61)62-55(68-56)30-39(59-57(62)64(47)45-14-6-8-16-51(45)69-59)37-18-20-49-41(26-37)43-24-33-10-2-4-12-35(33)28-53(43)66-49/h2-5,10-13,18-21,24-29,32,39-40,45-48,51-52,55-63H,6-9,14-17,22-23,30-31H2,1H3. The lowest BCUT2D eigenvalue weighted by Crippen LogP contribution is -2.85. The van der Waals surface area contributed by atoms with Crippen LogP contribution in [-0.4, -0.2) is 99.7 Å². The van der Waals surface area contributed by atoms with Crippen LogP contribution in [0.2, 0.25) is 0 Å². The van der Waals surface area contributed by atoms with E-state index in [2.05, 4.69) is 126 Å². The highest BCUT2D eigenvalue weighted by molar-refractivity contribution is 7.60. The lowest BCUT2D eigenvalue weighted by molar-refractivity contribution is -0.250. The maximum atomic E-state index is 8.13. The van der Waals surface area contributed by atoms with Gasteiger partial charge >= 0.3 is 0 Å². The van der Waals surface area contributed by atoms with E-state index in [1.807, 2.05) is 0 Å². The van der Waals surface area contributed by atoms with Gasteiger partial charge in [-0.15, -0.1) is 0 Å². The molecule has 71 heavy (non-hydrogen) atoms. The van der Waals surface area contributed by atoms with Crippen LogP contribution in [0.5, 0.6) is 0 Å². The first-order valence-corrected chi connectivity index (χ1v) is 29.6. The third kappa shape index (κ3) is 5.62. The topological polar surface area (TPSA) is 60.5 Å². The Bertz CT molecular complexity index is 3290. The molecule has 5 saturated carbocycles. The van der Waals surface area contributed by atoms with Gasteiger partial charge in [0.2, 0.25) is 0 Å². The monoisotopic (exact) mass is 958 g/mol. The van der Waals surface area contributed by atoms with Crippen LogP contribution in [0.1, 0.15) is 107 Å². The lowest BCUT2D eigenvalue weighted by atomic mass is 9.67. The van der Waals surface area contributed by atoms with Crippen molar-refractivity contribution in [3.05, 3.63) is 120 Å². The summed E-state index contributed by atoms with van der Waals surface area (Å²) in [7, 11) is -0.399. The summed E-state index contributed by atoms with van der Waals surface area (Å²) in [5, 5.41) is 9.89. The zero-order valence-corrected chi connectivity index (χ0v) is 41.5. The van der Waals surface area contributed by atoms with E-state index < -0.39 is 7.92 Å². The molecule has 6 aromatic carbocycles. The number of furan rings is 2. The predicted octanol–water partition coefficient (Wildman–Crippen LogP) is 13.8. The van der Waals surface area contributed by atoms with Gasteiger partial charge in [0.05, 0.1) is 36.6 Å².